The van der Waals surface area contributed by atoms with Crippen molar-refractivity contribution in [1.82, 2.24) is 5.32 Å². The Hall–Kier alpha value is -4.04. The van der Waals surface area contributed by atoms with Gasteiger partial charge in [-0.3, -0.25) is 14.4 Å². The SMILES string of the molecule is CC(C)c1ccc(/C=C(\NC(=O)c2ccccc2)C(=O)Nc2ccc(SCC(=O)Nc3ccc(Cl)c(Cl)c3)cc2)cc1. The molecule has 0 aromatic heterocycles. The van der Waals surface area contributed by atoms with Crippen molar-refractivity contribution in [3.8, 4) is 0 Å². The minimum atomic E-state index is -0.464. The van der Waals surface area contributed by atoms with Gasteiger partial charge in [0.15, 0.2) is 0 Å². The summed E-state index contributed by atoms with van der Waals surface area (Å²) in [6.45, 7) is 4.22. The van der Waals surface area contributed by atoms with Crippen molar-refractivity contribution in [3.05, 3.63) is 129 Å². The second-order valence-electron chi connectivity index (χ2n) is 9.64. The van der Waals surface area contributed by atoms with Crippen molar-refractivity contribution in [2.24, 2.45) is 0 Å². The third-order valence-electron chi connectivity index (χ3n) is 6.13. The maximum Gasteiger partial charge on any atom is 0.272 e. The van der Waals surface area contributed by atoms with Gasteiger partial charge in [-0.15, -0.1) is 11.8 Å². The summed E-state index contributed by atoms with van der Waals surface area (Å²) in [6.07, 6.45) is 1.65. The molecule has 0 fully saturated rings. The number of benzene rings is 4. The van der Waals surface area contributed by atoms with Crippen molar-refractivity contribution in [2.75, 3.05) is 16.4 Å². The normalized spacial score (nSPS) is 11.2. The molecule has 0 radical (unpaired) electrons. The topological polar surface area (TPSA) is 87.3 Å². The number of hydrogen-bond donors (Lipinski definition) is 3. The van der Waals surface area contributed by atoms with Crippen molar-refractivity contribution in [3.63, 3.8) is 0 Å². The van der Waals surface area contributed by atoms with Gasteiger partial charge in [0.25, 0.3) is 11.8 Å². The van der Waals surface area contributed by atoms with Crippen molar-refractivity contribution in [1.29, 1.82) is 0 Å². The van der Waals surface area contributed by atoms with Gasteiger partial charge in [0.1, 0.15) is 5.70 Å². The quantitative estimate of drug-likeness (QED) is 0.123. The smallest absolute Gasteiger partial charge is 0.272 e. The number of hydrogen-bond acceptors (Lipinski definition) is 4. The van der Waals surface area contributed by atoms with Gasteiger partial charge in [0, 0.05) is 21.8 Å². The Morgan fingerprint density at radius 3 is 2.10 bits per heavy atom. The van der Waals surface area contributed by atoms with Gasteiger partial charge in [-0.25, -0.2) is 0 Å². The fraction of sp³-hybridized carbons (Fsp3) is 0.121. The Bertz CT molecular complexity index is 1590. The van der Waals surface area contributed by atoms with Crippen LogP contribution in [0.25, 0.3) is 6.08 Å². The highest BCUT2D eigenvalue weighted by Crippen LogP contribution is 2.26. The first-order valence-electron chi connectivity index (χ1n) is 13.1. The predicted molar refractivity (Wildman–Crippen MR) is 173 cm³/mol. The van der Waals surface area contributed by atoms with Gasteiger partial charge in [0.2, 0.25) is 5.91 Å². The molecule has 0 saturated heterocycles. The van der Waals surface area contributed by atoms with E-state index in [0.717, 1.165) is 10.5 Å². The lowest BCUT2D eigenvalue weighted by molar-refractivity contribution is -0.114. The van der Waals surface area contributed by atoms with E-state index >= 15 is 0 Å². The van der Waals surface area contributed by atoms with Crippen LogP contribution in [-0.2, 0) is 9.59 Å². The van der Waals surface area contributed by atoms with Crippen LogP contribution >= 0.6 is 35.0 Å². The lowest BCUT2D eigenvalue weighted by atomic mass is 10.0. The average molecular weight is 619 g/mol. The van der Waals surface area contributed by atoms with Crippen LogP contribution in [0.5, 0.6) is 0 Å². The largest absolute Gasteiger partial charge is 0.325 e. The first kappa shape index (κ1) is 30.9. The fourth-order valence-electron chi connectivity index (χ4n) is 3.84. The Morgan fingerprint density at radius 1 is 0.786 bits per heavy atom. The van der Waals surface area contributed by atoms with Gasteiger partial charge in [-0.1, -0.05) is 79.5 Å². The van der Waals surface area contributed by atoms with Crippen LogP contribution in [0.15, 0.2) is 108 Å². The third kappa shape index (κ3) is 8.98. The molecule has 0 saturated carbocycles. The van der Waals surface area contributed by atoms with Crippen molar-refractivity contribution >= 4 is 70.1 Å². The average Bonchev–Trinajstić information content (AvgIpc) is 2.99. The number of rotatable bonds is 10. The molecule has 9 heteroatoms. The number of nitrogens with one attached hydrogen (secondary N) is 3. The maximum atomic E-state index is 13.3. The molecule has 4 aromatic rings. The summed E-state index contributed by atoms with van der Waals surface area (Å²) in [6, 6.07) is 28.6. The van der Waals surface area contributed by atoms with E-state index in [9.17, 15) is 14.4 Å². The van der Waals surface area contributed by atoms with Crippen LogP contribution in [0, 0.1) is 0 Å². The number of anilines is 2. The van der Waals surface area contributed by atoms with E-state index in [1.54, 1.807) is 60.7 Å². The number of carbonyl (C=O) groups is 3. The van der Waals surface area contributed by atoms with Gasteiger partial charge in [-0.2, -0.15) is 0 Å². The molecule has 214 valence electrons. The number of halogens is 2. The zero-order valence-electron chi connectivity index (χ0n) is 23.0. The van der Waals surface area contributed by atoms with E-state index in [4.69, 9.17) is 23.2 Å². The highest BCUT2D eigenvalue weighted by Gasteiger charge is 2.15. The summed E-state index contributed by atoms with van der Waals surface area (Å²) in [5.41, 5.74) is 3.61. The molecule has 0 atom stereocenters. The number of thioether (sulfide) groups is 1. The van der Waals surface area contributed by atoms with E-state index in [1.165, 1.54) is 17.3 Å². The zero-order valence-corrected chi connectivity index (χ0v) is 25.3. The number of carbonyl (C=O) groups excluding carboxylic acids is 3. The Labute approximate surface area is 259 Å². The van der Waals surface area contributed by atoms with Gasteiger partial charge in [-0.05, 0) is 77.7 Å². The van der Waals surface area contributed by atoms with Gasteiger partial charge >= 0.3 is 0 Å². The minimum absolute atomic E-state index is 0.110. The molecule has 3 amide bonds. The molecule has 0 bridgehead atoms. The molecule has 42 heavy (non-hydrogen) atoms. The molecular weight excluding hydrogens is 589 g/mol. The standard InChI is InChI=1S/C33H29Cl2N3O3S/c1-21(2)23-10-8-22(9-11-23)18-30(38-32(40)24-6-4-3-5-7-24)33(41)37-25-12-15-27(16-13-25)42-20-31(39)36-26-14-17-28(34)29(35)19-26/h3-19,21H,20H2,1-2H3,(H,36,39)(H,37,41)(H,38,40)/b30-18-. The van der Waals surface area contributed by atoms with Crippen molar-refractivity contribution < 1.29 is 14.4 Å². The highest BCUT2D eigenvalue weighted by molar-refractivity contribution is 8.00. The van der Waals surface area contributed by atoms with Crippen LogP contribution in [0.3, 0.4) is 0 Å². The molecule has 3 N–H and O–H groups in total. The molecule has 6 nitrogen and oxygen atoms in total. The van der Waals surface area contributed by atoms with Crippen LogP contribution in [0.1, 0.15) is 41.3 Å². The van der Waals surface area contributed by atoms with Crippen LogP contribution < -0.4 is 16.0 Å². The Morgan fingerprint density at radius 2 is 1.45 bits per heavy atom. The molecule has 0 aliphatic rings. The zero-order chi connectivity index (χ0) is 30.1. The Kier molecular flexibility index (Phi) is 10.8. The van der Waals surface area contributed by atoms with E-state index in [2.05, 4.69) is 29.8 Å². The second kappa shape index (κ2) is 14.7. The molecule has 0 aliphatic carbocycles. The first-order chi connectivity index (χ1) is 20.2. The number of amides is 3. The van der Waals surface area contributed by atoms with Crippen LogP contribution in [-0.4, -0.2) is 23.5 Å². The summed E-state index contributed by atoms with van der Waals surface area (Å²) in [4.78, 5) is 39.4. The summed E-state index contributed by atoms with van der Waals surface area (Å²) < 4.78 is 0. The molecule has 0 unspecified atom stereocenters. The van der Waals surface area contributed by atoms with Crippen LogP contribution in [0.2, 0.25) is 10.0 Å². The third-order valence-corrected chi connectivity index (χ3v) is 7.88. The monoisotopic (exact) mass is 617 g/mol. The lowest BCUT2D eigenvalue weighted by Gasteiger charge is -2.12. The molecule has 0 spiro atoms. The summed E-state index contributed by atoms with van der Waals surface area (Å²) in [5, 5.41) is 9.17. The Balaban J connectivity index is 1.41. The van der Waals surface area contributed by atoms with E-state index in [0.29, 0.717) is 32.9 Å². The minimum Gasteiger partial charge on any atom is -0.325 e. The fourth-order valence-corrected chi connectivity index (χ4v) is 4.84. The molecule has 4 rings (SSSR count). The molecule has 0 heterocycles. The van der Waals surface area contributed by atoms with Crippen molar-refractivity contribution in [2.45, 2.75) is 24.7 Å². The van der Waals surface area contributed by atoms with Crippen LogP contribution in [0.4, 0.5) is 11.4 Å². The molecular formula is C33H29Cl2N3O3S. The molecule has 4 aromatic carbocycles. The second-order valence-corrected chi connectivity index (χ2v) is 11.5. The predicted octanol–water partition coefficient (Wildman–Crippen LogP) is 8.26. The maximum absolute atomic E-state index is 13.3. The van der Waals surface area contributed by atoms with E-state index < -0.39 is 5.91 Å². The highest BCUT2D eigenvalue weighted by atomic mass is 35.5. The first-order valence-corrected chi connectivity index (χ1v) is 14.9. The summed E-state index contributed by atoms with van der Waals surface area (Å²) in [5.74, 6) is -0.488. The van der Waals surface area contributed by atoms with E-state index in [1.807, 2.05) is 42.5 Å². The van der Waals surface area contributed by atoms with E-state index in [-0.39, 0.29) is 23.3 Å². The summed E-state index contributed by atoms with van der Waals surface area (Å²) in [7, 11) is 0. The lowest BCUT2D eigenvalue weighted by Crippen LogP contribution is -2.30. The summed E-state index contributed by atoms with van der Waals surface area (Å²) >= 11 is 13.3. The van der Waals surface area contributed by atoms with Gasteiger partial charge < -0.3 is 16.0 Å². The molecule has 0 aliphatic heterocycles. The van der Waals surface area contributed by atoms with Gasteiger partial charge in [0.05, 0.1) is 15.8 Å².